The van der Waals surface area contributed by atoms with Crippen molar-refractivity contribution in [2.24, 2.45) is 0 Å². The lowest BCUT2D eigenvalue weighted by Gasteiger charge is -2.09. The van der Waals surface area contributed by atoms with Crippen LogP contribution in [0.5, 0.6) is 0 Å². The Kier molecular flexibility index (Phi) is 4.05. The zero-order chi connectivity index (χ0) is 18.1. The van der Waals surface area contributed by atoms with Gasteiger partial charge in [-0.15, -0.1) is 0 Å². The smallest absolute Gasteiger partial charge is 0.187 e. The van der Waals surface area contributed by atoms with Crippen molar-refractivity contribution in [1.29, 1.82) is 0 Å². The number of aromatic nitrogens is 1. The fraction of sp³-hybridized carbons (Fsp3) is 0.0870. The molecule has 0 aliphatic heterocycles. The number of nitrogens with zero attached hydrogens (tertiary/aromatic N) is 2. The number of benzene rings is 3. The second kappa shape index (κ2) is 6.52. The summed E-state index contributed by atoms with van der Waals surface area (Å²) >= 11 is 0. The minimum atomic E-state index is 0.00122. The number of hydrogen-bond donors (Lipinski definition) is 0. The molecule has 0 N–H and O–H groups in total. The summed E-state index contributed by atoms with van der Waals surface area (Å²) in [5.74, 6) is 0.00122. The summed E-state index contributed by atoms with van der Waals surface area (Å²) in [7, 11) is 3.80. The lowest BCUT2D eigenvalue weighted by molar-refractivity contribution is 0.104. The normalized spacial score (nSPS) is 11.5. The number of para-hydroxylation sites is 2. The van der Waals surface area contributed by atoms with Crippen molar-refractivity contribution in [1.82, 2.24) is 9.47 Å². The van der Waals surface area contributed by atoms with Crippen molar-refractivity contribution in [3.8, 4) is 5.69 Å². The second-order valence-electron chi connectivity index (χ2n) is 6.56. The summed E-state index contributed by atoms with van der Waals surface area (Å²) in [4.78, 5) is 14.3. The number of carbonyl (C=O) groups is 1. The van der Waals surface area contributed by atoms with E-state index in [0.717, 1.165) is 16.7 Å². The number of fused-ring (bicyclic) bond motifs is 3. The van der Waals surface area contributed by atoms with Gasteiger partial charge in [-0.1, -0.05) is 48.5 Å². The zero-order valence-electron chi connectivity index (χ0n) is 14.9. The molecule has 26 heavy (non-hydrogen) atoms. The van der Waals surface area contributed by atoms with Gasteiger partial charge in [-0.2, -0.15) is 0 Å². The van der Waals surface area contributed by atoms with Gasteiger partial charge in [0.05, 0.1) is 11.0 Å². The van der Waals surface area contributed by atoms with E-state index in [1.54, 1.807) is 12.3 Å². The van der Waals surface area contributed by atoms with Crippen molar-refractivity contribution >= 4 is 27.6 Å². The molecule has 0 saturated heterocycles. The topological polar surface area (TPSA) is 25.2 Å². The van der Waals surface area contributed by atoms with E-state index in [9.17, 15) is 4.79 Å². The third-order valence-corrected chi connectivity index (χ3v) is 4.49. The zero-order valence-corrected chi connectivity index (χ0v) is 14.9. The SMILES string of the molecule is CN(C)/C=C/C(=O)c1cccc(-n2c3ccccc3c3ccccc32)c1. The van der Waals surface area contributed by atoms with Crippen LogP contribution < -0.4 is 0 Å². The first kappa shape index (κ1) is 16.2. The van der Waals surface area contributed by atoms with E-state index in [0.29, 0.717) is 5.56 Å². The summed E-state index contributed by atoms with van der Waals surface area (Å²) in [6.07, 6.45) is 3.38. The van der Waals surface area contributed by atoms with Crippen LogP contribution in [0.2, 0.25) is 0 Å². The Morgan fingerprint density at radius 2 is 1.46 bits per heavy atom. The first-order valence-corrected chi connectivity index (χ1v) is 8.63. The van der Waals surface area contributed by atoms with Crippen LogP contribution in [0.4, 0.5) is 0 Å². The molecule has 128 valence electrons. The maximum Gasteiger partial charge on any atom is 0.187 e. The maximum atomic E-state index is 12.5. The van der Waals surface area contributed by atoms with Crippen LogP contribution in [-0.2, 0) is 0 Å². The van der Waals surface area contributed by atoms with Crippen molar-refractivity contribution in [3.63, 3.8) is 0 Å². The largest absolute Gasteiger partial charge is 0.383 e. The fourth-order valence-corrected chi connectivity index (χ4v) is 3.31. The summed E-state index contributed by atoms with van der Waals surface area (Å²) < 4.78 is 2.22. The molecule has 3 heteroatoms. The summed E-state index contributed by atoms with van der Waals surface area (Å²) in [5.41, 5.74) is 3.96. The Balaban J connectivity index is 1.91. The second-order valence-corrected chi connectivity index (χ2v) is 6.56. The summed E-state index contributed by atoms with van der Waals surface area (Å²) in [5, 5.41) is 2.43. The molecule has 0 bridgehead atoms. The highest BCUT2D eigenvalue weighted by Crippen LogP contribution is 2.31. The number of hydrogen-bond acceptors (Lipinski definition) is 2. The molecule has 0 saturated carbocycles. The molecule has 0 atom stereocenters. The average Bonchev–Trinajstić information content (AvgIpc) is 3.01. The monoisotopic (exact) mass is 340 g/mol. The molecule has 0 unspecified atom stereocenters. The van der Waals surface area contributed by atoms with Crippen LogP contribution >= 0.6 is 0 Å². The number of carbonyl (C=O) groups excluding carboxylic acids is 1. The van der Waals surface area contributed by atoms with E-state index >= 15 is 0 Å². The van der Waals surface area contributed by atoms with Gasteiger partial charge in [0.25, 0.3) is 0 Å². The molecule has 4 aromatic rings. The Hall–Kier alpha value is -3.33. The molecule has 0 fully saturated rings. The fourth-order valence-electron chi connectivity index (χ4n) is 3.31. The molecule has 1 aromatic heterocycles. The predicted molar refractivity (Wildman–Crippen MR) is 108 cm³/mol. The maximum absolute atomic E-state index is 12.5. The van der Waals surface area contributed by atoms with Gasteiger partial charge in [0, 0.05) is 48.4 Å². The van der Waals surface area contributed by atoms with E-state index < -0.39 is 0 Å². The predicted octanol–water partition coefficient (Wildman–Crippen LogP) is 5.04. The van der Waals surface area contributed by atoms with Crippen LogP contribution in [-0.4, -0.2) is 29.3 Å². The third kappa shape index (κ3) is 2.78. The van der Waals surface area contributed by atoms with Gasteiger partial charge in [-0.3, -0.25) is 4.79 Å². The van der Waals surface area contributed by atoms with E-state index in [-0.39, 0.29) is 5.78 Å². The number of rotatable bonds is 4. The molecular weight excluding hydrogens is 320 g/mol. The third-order valence-electron chi connectivity index (χ3n) is 4.49. The van der Waals surface area contributed by atoms with Crippen LogP contribution in [0.1, 0.15) is 10.4 Å². The Morgan fingerprint density at radius 3 is 2.08 bits per heavy atom. The van der Waals surface area contributed by atoms with E-state index in [4.69, 9.17) is 0 Å². The van der Waals surface area contributed by atoms with Gasteiger partial charge < -0.3 is 9.47 Å². The lowest BCUT2D eigenvalue weighted by atomic mass is 10.1. The minimum absolute atomic E-state index is 0.00122. The Labute approximate surface area is 152 Å². The van der Waals surface area contributed by atoms with Crippen LogP contribution in [0, 0.1) is 0 Å². The molecule has 0 radical (unpaired) electrons. The van der Waals surface area contributed by atoms with Gasteiger partial charge in [0.1, 0.15) is 0 Å². The molecule has 1 heterocycles. The van der Waals surface area contributed by atoms with E-state index in [2.05, 4.69) is 41.0 Å². The summed E-state index contributed by atoms with van der Waals surface area (Å²) in [6.45, 7) is 0. The minimum Gasteiger partial charge on any atom is -0.383 e. The molecule has 3 aromatic carbocycles. The molecular formula is C23H20N2O. The van der Waals surface area contributed by atoms with E-state index in [1.165, 1.54) is 10.8 Å². The van der Waals surface area contributed by atoms with Gasteiger partial charge in [0.15, 0.2) is 5.78 Å². The molecule has 0 spiro atoms. The van der Waals surface area contributed by atoms with Crippen molar-refractivity contribution in [2.75, 3.05) is 14.1 Å². The van der Waals surface area contributed by atoms with Crippen LogP contribution in [0.25, 0.3) is 27.5 Å². The van der Waals surface area contributed by atoms with Gasteiger partial charge >= 0.3 is 0 Å². The van der Waals surface area contributed by atoms with Gasteiger partial charge in [-0.05, 0) is 24.3 Å². The lowest BCUT2D eigenvalue weighted by Crippen LogP contribution is -2.03. The first-order valence-electron chi connectivity index (χ1n) is 8.63. The molecule has 0 amide bonds. The molecule has 0 aliphatic rings. The standard InChI is InChI=1S/C23H20N2O/c1-24(2)15-14-23(26)17-8-7-9-18(16-17)25-21-12-5-3-10-19(21)20-11-4-6-13-22(20)25/h3-16H,1-2H3/b15-14+. The molecule has 0 aliphatic carbocycles. The Bertz CT molecular complexity index is 1080. The Morgan fingerprint density at radius 1 is 0.846 bits per heavy atom. The van der Waals surface area contributed by atoms with Crippen molar-refractivity contribution in [2.45, 2.75) is 0 Å². The van der Waals surface area contributed by atoms with Crippen molar-refractivity contribution in [3.05, 3.63) is 90.6 Å². The highest BCUT2D eigenvalue weighted by Gasteiger charge is 2.12. The average molecular weight is 340 g/mol. The van der Waals surface area contributed by atoms with Crippen molar-refractivity contribution < 1.29 is 4.79 Å². The van der Waals surface area contributed by atoms with Crippen LogP contribution in [0.3, 0.4) is 0 Å². The van der Waals surface area contributed by atoms with Gasteiger partial charge in [-0.25, -0.2) is 0 Å². The quantitative estimate of drug-likeness (QED) is 0.384. The first-order chi connectivity index (χ1) is 12.6. The molecule has 4 rings (SSSR count). The summed E-state index contributed by atoms with van der Waals surface area (Å²) in [6, 6.07) is 24.6. The number of ketones is 1. The van der Waals surface area contributed by atoms with E-state index in [1.807, 2.05) is 55.4 Å². The van der Waals surface area contributed by atoms with Gasteiger partial charge in [0.2, 0.25) is 0 Å². The van der Waals surface area contributed by atoms with Crippen LogP contribution in [0.15, 0.2) is 85.1 Å². The highest BCUT2D eigenvalue weighted by atomic mass is 16.1. The highest BCUT2D eigenvalue weighted by molar-refractivity contribution is 6.09. The number of allylic oxidation sites excluding steroid dienone is 1. The molecule has 3 nitrogen and oxygen atoms in total.